The molecule has 124 valence electrons. The van der Waals surface area contributed by atoms with Gasteiger partial charge in [-0.15, -0.1) is 0 Å². The molecule has 3 N–H and O–H groups in total. The highest BCUT2D eigenvalue weighted by molar-refractivity contribution is 7.89. The van der Waals surface area contributed by atoms with Gasteiger partial charge in [0.1, 0.15) is 22.0 Å². The van der Waals surface area contributed by atoms with E-state index < -0.39 is 15.9 Å². The third-order valence-electron chi connectivity index (χ3n) is 3.65. The Morgan fingerprint density at radius 2 is 1.83 bits per heavy atom. The first-order chi connectivity index (χ1) is 10.7. The normalized spacial score (nSPS) is 12.9. The number of nitrogens with one attached hydrogen (secondary N) is 1. The number of carbonyl (C=O) groups is 1. The van der Waals surface area contributed by atoms with Gasteiger partial charge in [0.15, 0.2) is 0 Å². The third kappa shape index (κ3) is 3.80. The molecule has 0 radical (unpaired) electrons. The number of amides is 1. The van der Waals surface area contributed by atoms with Crippen LogP contribution in [0.25, 0.3) is 0 Å². The van der Waals surface area contributed by atoms with Crippen molar-refractivity contribution >= 4 is 15.9 Å². The molecule has 0 aliphatic carbocycles. The van der Waals surface area contributed by atoms with Gasteiger partial charge in [0, 0.05) is 6.54 Å². The molecule has 0 unspecified atom stereocenters. The van der Waals surface area contributed by atoms with E-state index >= 15 is 0 Å². The minimum Gasteiger partial charge on any atom is -0.464 e. The van der Waals surface area contributed by atoms with Crippen LogP contribution in [0.15, 0.2) is 39.6 Å². The number of furan rings is 1. The molecule has 1 heterocycles. The Hall–Kier alpha value is -2.12. The predicted octanol–water partition coefficient (Wildman–Crippen LogP) is 2.08. The number of carbonyl (C=O) groups excluding carboxylic acids is 1. The second-order valence-corrected chi connectivity index (χ2v) is 6.98. The molecule has 0 saturated carbocycles. The Morgan fingerprint density at radius 1 is 1.22 bits per heavy atom. The summed E-state index contributed by atoms with van der Waals surface area (Å²) < 4.78 is 28.6. The fourth-order valence-corrected chi connectivity index (χ4v) is 3.47. The largest absolute Gasteiger partial charge is 0.464 e. The summed E-state index contributed by atoms with van der Waals surface area (Å²) in [6.07, 6.45) is 0. The van der Waals surface area contributed by atoms with Gasteiger partial charge in [0.05, 0.1) is 0 Å². The van der Waals surface area contributed by atoms with Crippen LogP contribution < -0.4 is 10.5 Å². The molecule has 1 aromatic heterocycles. The first kappa shape index (κ1) is 17.2. The summed E-state index contributed by atoms with van der Waals surface area (Å²) in [7, 11) is -4.03. The van der Waals surface area contributed by atoms with Gasteiger partial charge >= 0.3 is 0 Å². The molecule has 1 aromatic carbocycles. The number of nitrogens with two attached hydrogens (primary N) is 1. The minimum atomic E-state index is -4.03. The van der Waals surface area contributed by atoms with Crippen molar-refractivity contribution < 1.29 is 17.6 Å². The number of aryl methyl sites for hydroxylation is 2. The van der Waals surface area contributed by atoms with E-state index in [0.717, 1.165) is 5.56 Å². The van der Waals surface area contributed by atoms with Crippen LogP contribution in [-0.2, 0) is 10.0 Å². The summed E-state index contributed by atoms with van der Waals surface area (Å²) >= 11 is 0. The van der Waals surface area contributed by atoms with Crippen LogP contribution in [0, 0.1) is 13.8 Å². The highest BCUT2D eigenvalue weighted by atomic mass is 32.2. The first-order valence-corrected chi connectivity index (χ1v) is 8.72. The number of primary sulfonamides is 1. The lowest BCUT2D eigenvalue weighted by Gasteiger charge is -2.13. The lowest BCUT2D eigenvalue weighted by atomic mass is 10.0. The van der Waals surface area contributed by atoms with Gasteiger partial charge in [-0.1, -0.05) is 37.3 Å². The molecule has 7 heteroatoms. The summed E-state index contributed by atoms with van der Waals surface area (Å²) in [4.78, 5) is 12.1. The van der Waals surface area contributed by atoms with Crippen LogP contribution in [-0.4, -0.2) is 20.9 Å². The van der Waals surface area contributed by atoms with Gasteiger partial charge < -0.3 is 9.73 Å². The molecular formula is C16H20N2O4S. The first-order valence-electron chi connectivity index (χ1n) is 7.17. The molecule has 1 amide bonds. The zero-order valence-electron chi connectivity index (χ0n) is 13.3. The topological polar surface area (TPSA) is 102 Å². The highest BCUT2D eigenvalue weighted by Crippen LogP contribution is 2.25. The summed E-state index contributed by atoms with van der Waals surface area (Å²) in [5, 5.41) is 7.93. The van der Waals surface area contributed by atoms with Crippen molar-refractivity contribution in [3.63, 3.8) is 0 Å². The van der Waals surface area contributed by atoms with Crippen molar-refractivity contribution in [1.82, 2.24) is 5.32 Å². The SMILES string of the molecule is Cc1oc(C)c(S(N)(=O)=O)c1C(=O)NC[C@H](C)c1ccccc1. The van der Waals surface area contributed by atoms with Crippen molar-refractivity contribution in [2.24, 2.45) is 5.14 Å². The molecule has 0 spiro atoms. The Balaban J connectivity index is 2.19. The molecule has 6 nitrogen and oxygen atoms in total. The van der Waals surface area contributed by atoms with Gasteiger partial charge in [0.25, 0.3) is 5.91 Å². The molecule has 0 fully saturated rings. The minimum absolute atomic E-state index is 0.0229. The standard InChI is InChI=1S/C16H20N2O4S/c1-10(13-7-5-4-6-8-13)9-18-16(19)14-11(2)22-12(3)15(14)23(17,20)21/h4-8,10H,9H2,1-3H3,(H,18,19)(H2,17,20,21)/t10-/m0/s1. The van der Waals surface area contributed by atoms with Crippen LogP contribution in [0.5, 0.6) is 0 Å². The molecule has 2 rings (SSSR count). The van der Waals surface area contributed by atoms with E-state index in [0.29, 0.717) is 6.54 Å². The predicted molar refractivity (Wildman–Crippen MR) is 86.7 cm³/mol. The Morgan fingerprint density at radius 3 is 2.39 bits per heavy atom. The molecule has 23 heavy (non-hydrogen) atoms. The van der Waals surface area contributed by atoms with Crippen LogP contribution in [0.4, 0.5) is 0 Å². The Labute approximate surface area is 135 Å². The van der Waals surface area contributed by atoms with E-state index in [2.05, 4.69) is 5.32 Å². The monoisotopic (exact) mass is 336 g/mol. The summed E-state index contributed by atoms with van der Waals surface area (Å²) in [5.41, 5.74) is 1.06. The van der Waals surface area contributed by atoms with Crippen molar-refractivity contribution in [3.8, 4) is 0 Å². The molecule has 1 atom stereocenters. The van der Waals surface area contributed by atoms with Gasteiger partial charge in [-0.25, -0.2) is 13.6 Å². The zero-order chi connectivity index (χ0) is 17.2. The molecule has 2 aromatic rings. The number of hydrogen-bond donors (Lipinski definition) is 2. The fourth-order valence-electron chi connectivity index (χ4n) is 2.50. The van der Waals surface area contributed by atoms with Crippen LogP contribution >= 0.6 is 0 Å². The molecular weight excluding hydrogens is 316 g/mol. The van der Waals surface area contributed by atoms with Crippen LogP contribution in [0.1, 0.15) is 40.3 Å². The lowest BCUT2D eigenvalue weighted by molar-refractivity contribution is 0.0947. The lowest BCUT2D eigenvalue weighted by Crippen LogP contribution is -2.29. The smallest absolute Gasteiger partial charge is 0.256 e. The van der Waals surface area contributed by atoms with Gasteiger partial charge in [-0.3, -0.25) is 4.79 Å². The van der Waals surface area contributed by atoms with Gasteiger partial charge in [-0.05, 0) is 25.3 Å². The van der Waals surface area contributed by atoms with E-state index in [1.54, 1.807) is 0 Å². The Bertz CT molecular complexity index is 810. The number of sulfonamides is 1. The maximum atomic E-state index is 12.4. The summed E-state index contributed by atoms with van der Waals surface area (Å²) in [6, 6.07) is 9.72. The average molecular weight is 336 g/mol. The number of hydrogen-bond acceptors (Lipinski definition) is 4. The average Bonchev–Trinajstić information content (AvgIpc) is 2.79. The third-order valence-corrected chi connectivity index (χ3v) is 4.71. The van der Waals surface area contributed by atoms with E-state index in [9.17, 15) is 13.2 Å². The maximum absolute atomic E-state index is 12.4. The van der Waals surface area contributed by atoms with Crippen molar-refractivity contribution in [2.75, 3.05) is 6.54 Å². The van der Waals surface area contributed by atoms with Crippen molar-refractivity contribution in [2.45, 2.75) is 31.6 Å². The molecule has 0 aliphatic rings. The van der Waals surface area contributed by atoms with Crippen LogP contribution in [0.2, 0.25) is 0 Å². The second-order valence-electron chi connectivity index (χ2n) is 5.49. The van der Waals surface area contributed by atoms with E-state index in [1.165, 1.54) is 13.8 Å². The Kier molecular flexibility index (Phi) is 4.91. The van der Waals surface area contributed by atoms with Gasteiger partial charge in [0.2, 0.25) is 10.0 Å². The summed E-state index contributed by atoms with van der Waals surface area (Å²) in [6.45, 7) is 5.35. The van der Waals surface area contributed by atoms with Crippen LogP contribution in [0.3, 0.4) is 0 Å². The van der Waals surface area contributed by atoms with E-state index in [4.69, 9.17) is 9.56 Å². The van der Waals surface area contributed by atoms with Gasteiger partial charge in [-0.2, -0.15) is 0 Å². The highest BCUT2D eigenvalue weighted by Gasteiger charge is 2.28. The molecule has 0 saturated heterocycles. The number of benzene rings is 1. The molecule has 0 bridgehead atoms. The number of rotatable bonds is 5. The zero-order valence-corrected chi connectivity index (χ0v) is 14.1. The van der Waals surface area contributed by atoms with Crippen molar-refractivity contribution in [1.29, 1.82) is 0 Å². The maximum Gasteiger partial charge on any atom is 0.256 e. The second kappa shape index (κ2) is 6.55. The van der Waals surface area contributed by atoms with E-state index in [1.807, 2.05) is 37.3 Å². The quantitative estimate of drug-likeness (QED) is 0.872. The molecule has 0 aliphatic heterocycles. The fraction of sp³-hybridized carbons (Fsp3) is 0.312. The van der Waals surface area contributed by atoms with Crippen molar-refractivity contribution in [3.05, 3.63) is 53.0 Å². The van der Waals surface area contributed by atoms with E-state index in [-0.39, 0.29) is 27.9 Å². The summed E-state index contributed by atoms with van der Waals surface area (Å²) in [5.74, 6) is -0.0693.